The Balaban J connectivity index is 1.54. The first-order valence-corrected chi connectivity index (χ1v) is 10.8. The molecular weight excluding hydrogens is 418 g/mol. The summed E-state index contributed by atoms with van der Waals surface area (Å²) >= 11 is 7.78. The molecule has 0 aliphatic heterocycles. The number of halogens is 1. The standard InChI is InChI=1S/C22H20ClN5OS/c1-15-5-3-6-16(2)21(15)28-22(25-26-27-28)30-14-18-11-19(23)8-9-20(18)29-13-17-7-4-10-24-12-17/h3-12H,13-14H2,1-2H3. The fourth-order valence-corrected chi connectivity index (χ4v) is 4.19. The zero-order chi connectivity index (χ0) is 20.9. The number of hydrogen-bond donors (Lipinski definition) is 0. The first-order chi connectivity index (χ1) is 14.6. The van der Waals surface area contributed by atoms with E-state index in [1.807, 2.05) is 36.4 Å². The Morgan fingerprint density at radius 3 is 2.67 bits per heavy atom. The second-order valence-electron chi connectivity index (χ2n) is 6.80. The molecule has 0 saturated heterocycles. The number of aryl methyl sites for hydroxylation is 2. The minimum Gasteiger partial charge on any atom is -0.489 e. The molecule has 0 aliphatic rings. The van der Waals surface area contributed by atoms with E-state index in [0.29, 0.717) is 22.5 Å². The Morgan fingerprint density at radius 1 is 1.07 bits per heavy atom. The van der Waals surface area contributed by atoms with Crippen LogP contribution in [0.1, 0.15) is 22.3 Å². The third kappa shape index (κ3) is 4.63. The maximum absolute atomic E-state index is 6.24. The van der Waals surface area contributed by atoms with Gasteiger partial charge >= 0.3 is 0 Å². The summed E-state index contributed by atoms with van der Waals surface area (Å²) < 4.78 is 7.82. The van der Waals surface area contributed by atoms with Crippen LogP contribution in [0, 0.1) is 13.8 Å². The molecule has 152 valence electrons. The van der Waals surface area contributed by atoms with E-state index in [1.54, 1.807) is 17.1 Å². The number of benzene rings is 2. The van der Waals surface area contributed by atoms with Crippen LogP contribution in [-0.4, -0.2) is 25.2 Å². The average molecular weight is 438 g/mol. The molecule has 0 amide bonds. The lowest BCUT2D eigenvalue weighted by Gasteiger charge is -2.13. The van der Waals surface area contributed by atoms with E-state index in [2.05, 4.69) is 46.5 Å². The summed E-state index contributed by atoms with van der Waals surface area (Å²) in [6, 6.07) is 15.7. The lowest BCUT2D eigenvalue weighted by molar-refractivity contribution is 0.303. The molecular formula is C22H20ClN5OS. The van der Waals surface area contributed by atoms with Crippen molar-refractivity contribution in [3.05, 3.63) is 88.2 Å². The second kappa shape index (κ2) is 9.28. The van der Waals surface area contributed by atoms with Gasteiger partial charge in [-0.05, 0) is 59.7 Å². The molecule has 6 nitrogen and oxygen atoms in total. The van der Waals surface area contributed by atoms with Gasteiger partial charge in [-0.25, -0.2) is 0 Å². The Morgan fingerprint density at radius 2 is 1.90 bits per heavy atom. The molecule has 0 spiro atoms. The minimum atomic E-state index is 0.438. The summed E-state index contributed by atoms with van der Waals surface area (Å²) in [7, 11) is 0. The van der Waals surface area contributed by atoms with Gasteiger partial charge in [0.05, 0.1) is 5.69 Å². The first-order valence-electron chi connectivity index (χ1n) is 9.39. The lowest BCUT2D eigenvalue weighted by Crippen LogP contribution is -2.04. The summed E-state index contributed by atoms with van der Waals surface area (Å²) in [6.07, 6.45) is 3.54. The van der Waals surface area contributed by atoms with E-state index in [9.17, 15) is 0 Å². The fourth-order valence-electron chi connectivity index (χ4n) is 3.14. The summed E-state index contributed by atoms with van der Waals surface area (Å²) in [6.45, 7) is 4.55. The van der Waals surface area contributed by atoms with E-state index >= 15 is 0 Å². The summed E-state index contributed by atoms with van der Waals surface area (Å²) in [4.78, 5) is 4.13. The molecule has 0 bridgehead atoms. The molecule has 2 aromatic heterocycles. The van der Waals surface area contributed by atoms with E-state index < -0.39 is 0 Å². The molecule has 0 radical (unpaired) electrons. The van der Waals surface area contributed by atoms with Gasteiger partial charge in [0, 0.05) is 34.3 Å². The van der Waals surface area contributed by atoms with Crippen molar-refractivity contribution >= 4 is 23.4 Å². The van der Waals surface area contributed by atoms with Crippen molar-refractivity contribution < 1.29 is 4.74 Å². The highest BCUT2D eigenvalue weighted by Crippen LogP contribution is 2.31. The number of thioether (sulfide) groups is 1. The zero-order valence-electron chi connectivity index (χ0n) is 16.6. The number of aromatic nitrogens is 5. The van der Waals surface area contributed by atoms with Crippen LogP contribution < -0.4 is 4.74 Å². The number of para-hydroxylation sites is 1. The van der Waals surface area contributed by atoms with E-state index in [-0.39, 0.29) is 0 Å². The van der Waals surface area contributed by atoms with Crippen LogP contribution in [0.3, 0.4) is 0 Å². The van der Waals surface area contributed by atoms with Crippen LogP contribution >= 0.6 is 23.4 Å². The van der Waals surface area contributed by atoms with Gasteiger partial charge in [-0.1, -0.05) is 47.6 Å². The Labute approximate surface area is 184 Å². The molecule has 0 saturated carbocycles. The zero-order valence-corrected chi connectivity index (χ0v) is 18.2. The van der Waals surface area contributed by atoms with Gasteiger partial charge in [0.15, 0.2) is 0 Å². The van der Waals surface area contributed by atoms with Gasteiger partial charge in [-0.3, -0.25) is 4.98 Å². The van der Waals surface area contributed by atoms with E-state index in [1.165, 1.54) is 11.8 Å². The highest BCUT2D eigenvalue weighted by molar-refractivity contribution is 7.98. The van der Waals surface area contributed by atoms with Crippen LogP contribution in [0.2, 0.25) is 5.02 Å². The molecule has 0 fully saturated rings. The molecule has 2 heterocycles. The maximum Gasteiger partial charge on any atom is 0.214 e. The Hall–Kier alpha value is -2.90. The molecule has 0 aliphatic carbocycles. The number of ether oxygens (including phenoxy) is 1. The number of tetrazole rings is 1. The quantitative estimate of drug-likeness (QED) is 0.370. The van der Waals surface area contributed by atoms with Gasteiger partial charge in [-0.15, -0.1) is 5.10 Å². The largest absolute Gasteiger partial charge is 0.489 e. The monoisotopic (exact) mass is 437 g/mol. The van der Waals surface area contributed by atoms with Crippen molar-refractivity contribution in [2.45, 2.75) is 31.4 Å². The predicted molar refractivity (Wildman–Crippen MR) is 118 cm³/mol. The van der Waals surface area contributed by atoms with E-state index in [0.717, 1.165) is 33.7 Å². The first kappa shape index (κ1) is 20.4. The van der Waals surface area contributed by atoms with Crippen LogP contribution in [0.15, 0.2) is 66.1 Å². The molecule has 4 aromatic rings. The number of nitrogens with zero attached hydrogens (tertiary/aromatic N) is 5. The van der Waals surface area contributed by atoms with Crippen LogP contribution in [0.5, 0.6) is 5.75 Å². The van der Waals surface area contributed by atoms with Gasteiger partial charge in [0.2, 0.25) is 5.16 Å². The molecule has 0 atom stereocenters. The number of pyridine rings is 1. The molecule has 4 rings (SSSR count). The minimum absolute atomic E-state index is 0.438. The summed E-state index contributed by atoms with van der Waals surface area (Å²) in [5.41, 5.74) is 5.22. The SMILES string of the molecule is Cc1cccc(C)c1-n1nnnc1SCc1cc(Cl)ccc1OCc1cccnc1. The van der Waals surface area contributed by atoms with Crippen molar-refractivity contribution in [2.24, 2.45) is 0 Å². The fraction of sp³-hybridized carbons (Fsp3) is 0.182. The van der Waals surface area contributed by atoms with Crippen LogP contribution in [0.4, 0.5) is 0 Å². The summed E-state index contributed by atoms with van der Waals surface area (Å²) in [5.74, 6) is 1.40. The lowest BCUT2D eigenvalue weighted by atomic mass is 10.1. The van der Waals surface area contributed by atoms with E-state index in [4.69, 9.17) is 16.3 Å². The molecule has 30 heavy (non-hydrogen) atoms. The smallest absolute Gasteiger partial charge is 0.214 e. The molecule has 0 unspecified atom stereocenters. The number of rotatable bonds is 7. The van der Waals surface area contributed by atoms with Gasteiger partial charge < -0.3 is 4.74 Å². The topological polar surface area (TPSA) is 65.7 Å². The third-order valence-electron chi connectivity index (χ3n) is 4.59. The van der Waals surface area contributed by atoms with Crippen molar-refractivity contribution in [1.82, 2.24) is 25.2 Å². The highest BCUT2D eigenvalue weighted by Gasteiger charge is 2.15. The third-order valence-corrected chi connectivity index (χ3v) is 5.79. The van der Waals surface area contributed by atoms with Crippen LogP contribution in [-0.2, 0) is 12.4 Å². The van der Waals surface area contributed by atoms with Crippen molar-refractivity contribution in [2.75, 3.05) is 0 Å². The van der Waals surface area contributed by atoms with Crippen molar-refractivity contribution in [3.63, 3.8) is 0 Å². The van der Waals surface area contributed by atoms with Crippen molar-refractivity contribution in [3.8, 4) is 11.4 Å². The molecule has 0 N–H and O–H groups in total. The van der Waals surface area contributed by atoms with Crippen molar-refractivity contribution in [1.29, 1.82) is 0 Å². The maximum atomic E-state index is 6.24. The average Bonchev–Trinajstić information content (AvgIpc) is 3.20. The predicted octanol–water partition coefficient (Wildman–Crippen LogP) is 5.20. The van der Waals surface area contributed by atoms with Gasteiger partial charge in [0.25, 0.3) is 0 Å². The van der Waals surface area contributed by atoms with Gasteiger partial charge in [-0.2, -0.15) is 4.68 Å². The van der Waals surface area contributed by atoms with Crippen LogP contribution in [0.25, 0.3) is 5.69 Å². The Bertz CT molecular complexity index is 1130. The molecule has 8 heteroatoms. The highest BCUT2D eigenvalue weighted by atomic mass is 35.5. The Kier molecular flexibility index (Phi) is 6.30. The summed E-state index contributed by atoms with van der Waals surface area (Å²) in [5, 5.41) is 13.7. The number of hydrogen-bond acceptors (Lipinski definition) is 6. The van der Waals surface area contributed by atoms with Gasteiger partial charge in [0.1, 0.15) is 12.4 Å². The normalized spacial score (nSPS) is 10.9. The second-order valence-corrected chi connectivity index (χ2v) is 8.18. The molecule has 2 aromatic carbocycles.